The van der Waals surface area contributed by atoms with E-state index in [1.165, 1.54) is 5.56 Å². The summed E-state index contributed by atoms with van der Waals surface area (Å²) in [6.45, 7) is 2.83. The molecule has 1 nitrogen and oxygen atoms in total. The van der Waals surface area contributed by atoms with Crippen LogP contribution in [0.15, 0.2) is 46.9 Å². The Balaban J connectivity index is 2.02. The van der Waals surface area contributed by atoms with Crippen molar-refractivity contribution < 1.29 is 0 Å². The molecule has 0 aliphatic heterocycles. The molecule has 0 fully saturated rings. The Bertz CT molecular complexity index is 572. The van der Waals surface area contributed by atoms with Crippen molar-refractivity contribution in [3.8, 4) is 0 Å². The lowest BCUT2D eigenvalue weighted by atomic mass is 10.1. The smallest absolute Gasteiger partial charge is 0.0462 e. The summed E-state index contributed by atoms with van der Waals surface area (Å²) in [7, 11) is 0. The lowest BCUT2D eigenvalue weighted by Gasteiger charge is -2.15. The van der Waals surface area contributed by atoms with Crippen molar-refractivity contribution in [1.29, 1.82) is 0 Å². The van der Waals surface area contributed by atoms with Crippen LogP contribution < -0.4 is 5.32 Å². The highest BCUT2D eigenvalue weighted by Crippen LogP contribution is 2.23. The van der Waals surface area contributed by atoms with Crippen molar-refractivity contribution in [2.75, 3.05) is 0 Å². The van der Waals surface area contributed by atoms with Crippen molar-refractivity contribution in [3.63, 3.8) is 0 Å². The van der Waals surface area contributed by atoms with Gasteiger partial charge in [0.05, 0.1) is 0 Å². The van der Waals surface area contributed by atoms with Crippen LogP contribution in [0.1, 0.15) is 24.1 Å². The molecule has 0 bridgehead atoms. The summed E-state index contributed by atoms with van der Waals surface area (Å²) in [5, 5.41) is 4.97. The zero-order chi connectivity index (χ0) is 13.8. The molecule has 2 aromatic rings. The zero-order valence-corrected chi connectivity index (χ0v) is 13.6. The van der Waals surface area contributed by atoms with E-state index in [9.17, 15) is 0 Å². The van der Waals surface area contributed by atoms with E-state index < -0.39 is 0 Å². The van der Waals surface area contributed by atoms with Crippen LogP contribution in [-0.2, 0) is 6.54 Å². The molecule has 2 rings (SSSR count). The molecule has 0 heterocycles. The second-order valence-electron chi connectivity index (χ2n) is 4.39. The molecule has 0 saturated heterocycles. The Morgan fingerprint density at radius 3 is 2.63 bits per heavy atom. The predicted octanol–water partition coefficient (Wildman–Crippen LogP) is 5.61. The monoisotopic (exact) mass is 357 g/mol. The van der Waals surface area contributed by atoms with Gasteiger partial charge in [-0.2, -0.15) is 0 Å². The molecule has 0 saturated carbocycles. The minimum Gasteiger partial charge on any atom is -0.306 e. The van der Waals surface area contributed by atoms with Gasteiger partial charge in [0.1, 0.15) is 0 Å². The van der Waals surface area contributed by atoms with Gasteiger partial charge in [0.15, 0.2) is 0 Å². The molecule has 0 unspecified atom stereocenters. The van der Waals surface area contributed by atoms with Gasteiger partial charge in [-0.05, 0) is 42.3 Å². The quantitative estimate of drug-likeness (QED) is 0.749. The van der Waals surface area contributed by atoms with Crippen molar-refractivity contribution in [1.82, 2.24) is 5.32 Å². The van der Waals surface area contributed by atoms with Gasteiger partial charge in [-0.15, -0.1) is 0 Å². The van der Waals surface area contributed by atoms with Crippen molar-refractivity contribution in [2.24, 2.45) is 0 Å². The SMILES string of the molecule is C[C@@H](NCc1ccc(Br)cc1Cl)c1cccc(Cl)c1. The largest absolute Gasteiger partial charge is 0.306 e. The third-order valence-electron chi connectivity index (χ3n) is 2.96. The van der Waals surface area contributed by atoms with E-state index >= 15 is 0 Å². The number of rotatable bonds is 4. The zero-order valence-electron chi connectivity index (χ0n) is 10.5. The average Bonchev–Trinajstić information content (AvgIpc) is 2.37. The highest BCUT2D eigenvalue weighted by Gasteiger charge is 2.07. The van der Waals surface area contributed by atoms with Crippen LogP contribution in [0.3, 0.4) is 0 Å². The van der Waals surface area contributed by atoms with Crippen LogP contribution in [0.5, 0.6) is 0 Å². The molecule has 0 aromatic heterocycles. The van der Waals surface area contributed by atoms with Gasteiger partial charge in [0.2, 0.25) is 0 Å². The molecule has 1 atom stereocenters. The second kappa shape index (κ2) is 6.76. The molecular weight excluding hydrogens is 345 g/mol. The Morgan fingerprint density at radius 1 is 1.16 bits per heavy atom. The van der Waals surface area contributed by atoms with Crippen molar-refractivity contribution in [2.45, 2.75) is 19.5 Å². The maximum Gasteiger partial charge on any atom is 0.0462 e. The van der Waals surface area contributed by atoms with E-state index in [4.69, 9.17) is 23.2 Å². The molecule has 4 heteroatoms. The maximum atomic E-state index is 6.19. The van der Waals surface area contributed by atoms with E-state index in [1.54, 1.807) is 0 Å². The van der Waals surface area contributed by atoms with E-state index in [1.807, 2.05) is 36.4 Å². The first-order chi connectivity index (χ1) is 9.06. The first-order valence-corrected chi connectivity index (χ1v) is 7.54. The van der Waals surface area contributed by atoms with Crippen LogP contribution in [0.2, 0.25) is 10.0 Å². The summed E-state index contributed by atoms with van der Waals surface area (Å²) in [5.41, 5.74) is 2.25. The summed E-state index contributed by atoms with van der Waals surface area (Å²) >= 11 is 15.6. The minimum atomic E-state index is 0.221. The topological polar surface area (TPSA) is 12.0 Å². The Morgan fingerprint density at radius 2 is 1.95 bits per heavy atom. The van der Waals surface area contributed by atoms with Gasteiger partial charge in [-0.1, -0.05) is 57.3 Å². The second-order valence-corrected chi connectivity index (χ2v) is 6.15. The summed E-state index contributed by atoms with van der Waals surface area (Å²) in [6.07, 6.45) is 0. The van der Waals surface area contributed by atoms with Gasteiger partial charge < -0.3 is 5.32 Å². The van der Waals surface area contributed by atoms with E-state index in [0.29, 0.717) is 0 Å². The normalized spacial score (nSPS) is 12.4. The molecule has 0 spiro atoms. The molecule has 0 radical (unpaired) electrons. The molecule has 0 amide bonds. The molecule has 1 N–H and O–H groups in total. The average molecular weight is 359 g/mol. The van der Waals surface area contributed by atoms with E-state index in [2.05, 4.69) is 34.2 Å². The van der Waals surface area contributed by atoms with Gasteiger partial charge in [0.25, 0.3) is 0 Å². The Kier molecular flexibility index (Phi) is 5.28. The van der Waals surface area contributed by atoms with E-state index in [-0.39, 0.29) is 6.04 Å². The Labute approximate surface area is 132 Å². The number of halogens is 3. The minimum absolute atomic E-state index is 0.221. The van der Waals surface area contributed by atoms with Crippen LogP contribution in [0, 0.1) is 0 Å². The summed E-state index contributed by atoms with van der Waals surface area (Å²) in [6, 6.07) is 14.0. The number of benzene rings is 2. The highest BCUT2D eigenvalue weighted by atomic mass is 79.9. The first-order valence-electron chi connectivity index (χ1n) is 5.99. The van der Waals surface area contributed by atoms with Gasteiger partial charge >= 0.3 is 0 Å². The summed E-state index contributed by atoms with van der Waals surface area (Å²) in [4.78, 5) is 0. The maximum absolute atomic E-state index is 6.19. The van der Waals surface area contributed by atoms with Crippen molar-refractivity contribution in [3.05, 3.63) is 68.1 Å². The fourth-order valence-electron chi connectivity index (χ4n) is 1.82. The van der Waals surface area contributed by atoms with Crippen LogP contribution in [-0.4, -0.2) is 0 Å². The number of hydrogen-bond acceptors (Lipinski definition) is 1. The molecular formula is C15H14BrCl2N. The molecule has 100 valence electrons. The fraction of sp³-hybridized carbons (Fsp3) is 0.200. The van der Waals surface area contributed by atoms with Crippen LogP contribution >= 0.6 is 39.1 Å². The molecule has 2 aromatic carbocycles. The van der Waals surface area contributed by atoms with Gasteiger partial charge in [-0.25, -0.2) is 0 Å². The molecule has 19 heavy (non-hydrogen) atoms. The fourth-order valence-corrected chi connectivity index (χ4v) is 2.76. The summed E-state index contributed by atoms with van der Waals surface area (Å²) in [5.74, 6) is 0. The van der Waals surface area contributed by atoms with Gasteiger partial charge in [-0.3, -0.25) is 0 Å². The lowest BCUT2D eigenvalue weighted by Crippen LogP contribution is -2.18. The van der Waals surface area contributed by atoms with E-state index in [0.717, 1.165) is 26.6 Å². The lowest BCUT2D eigenvalue weighted by molar-refractivity contribution is 0.575. The van der Waals surface area contributed by atoms with Gasteiger partial charge in [0, 0.05) is 27.1 Å². The third-order valence-corrected chi connectivity index (χ3v) is 4.04. The Hall–Kier alpha value is -0.540. The standard InChI is InChI=1S/C15H14BrCl2N/c1-10(11-3-2-4-14(17)7-11)19-9-12-5-6-13(16)8-15(12)18/h2-8,10,19H,9H2,1H3/t10-/m1/s1. The molecule has 0 aliphatic carbocycles. The van der Waals surface area contributed by atoms with Crippen molar-refractivity contribution >= 4 is 39.1 Å². The summed E-state index contributed by atoms with van der Waals surface area (Å²) < 4.78 is 0.990. The predicted molar refractivity (Wildman–Crippen MR) is 85.9 cm³/mol. The van der Waals surface area contributed by atoms with Crippen LogP contribution in [0.25, 0.3) is 0 Å². The highest BCUT2D eigenvalue weighted by molar-refractivity contribution is 9.10. The number of hydrogen-bond donors (Lipinski definition) is 1. The first kappa shape index (κ1) is 14.9. The van der Waals surface area contributed by atoms with Crippen LogP contribution in [0.4, 0.5) is 0 Å². The molecule has 0 aliphatic rings. The third kappa shape index (κ3) is 4.22. The number of nitrogens with one attached hydrogen (secondary N) is 1.